The highest BCUT2D eigenvalue weighted by atomic mass is 16.6. The average molecular weight is 322 g/mol. The second-order valence-corrected chi connectivity index (χ2v) is 5.19. The predicted molar refractivity (Wildman–Crippen MR) is 91.1 cm³/mol. The van der Waals surface area contributed by atoms with Gasteiger partial charge >= 0.3 is 0 Å². The number of para-hydroxylation sites is 1. The van der Waals surface area contributed by atoms with E-state index in [9.17, 15) is 14.9 Å². The third-order valence-electron chi connectivity index (χ3n) is 3.63. The number of hydrazone groups is 1. The summed E-state index contributed by atoms with van der Waals surface area (Å²) in [5.41, 5.74) is 4.86. The van der Waals surface area contributed by atoms with Crippen molar-refractivity contribution in [3.63, 3.8) is 0 Å². The SMILES string of the molecule is C/C(=N\NC(=O)c1c[nH]c2ccccc12)c1cccc([N+](=O)[O-])c1. The molecule has 0 bridgehead atoms. The maximum Gasteiger partial charge on any atom is 0.273 e. The fraction of sp³-hybridized carbons (Fsp3) is 0.0588. The van der Waals surface area contributed by atoms with E-state index in [4.69, 9.17) is 0 Å². The molecular formula is C17H14N4O3. The number of benzene rings is 2. The van der Waals surface area contributed by atoms with Crippen LogP contribution in [0.15, 0.2) is 59.8 Å². The molecule has 1 aromatic heterocycles. The number of carbonyl (C=O) groups is 1. The lowest BCUT2D eigenvalue weighted by Gasteiger charge is -2.02. The molecule has 24 heavy (non-hydrogen) atoms. The van der Waals surface area contributed by atoms with Crippen molar-refractivity contribution in [1.29, 1.82) is 0 Å². The van der Waals surface area contributed by atoms with Gasteiger partial charge < -0.3 is 4.98 Å². The Bertz CT molecular complexity index is 959. The molecule has 0 unspecified atom stereocenters. The smallest absolute Gasteiger partial charge is 0.273 e. The fourth-order valence-corrected chi connectivity index (χ4v) is 2.36. The van der Waals surface area contributed by atoms with Crippen LogP contribution >= 0.6 is 0 Å². The van der Waals surface area contributed by atoms with E-state index < -0.39 is 4.92 Å². The Labute approximate surface area is 137 Å². The van der Waals surface area contributed by atoms with Gasteiger partial charge in [-0.2, -0.15) is 5.10 Å². The average Bonchev–Trinajstić information content (AvgIpc) is 3.03. The minimum absolute atomic E-state index is 0.0231. The quantitative estimate of drug-likeness (QED) is 0.438. The number of hydrogen-bond donors (Lipinski definition) is 2. The van der Waals surface area contributed by atoms with Gasteiger partial charge in [0.2, 0.25) is 0 Å². The third-order valence-corrected chi connectivity index (χ3v) is 3.63. The molecule has 120 valence electrons. The van der Waals surface area contributed by atoms with E-state index in [2.05, 4.69) is 15.5 Å². The van der Waals surface area contributed by atoms with Gasteiger partial charge in [0.15, 0.2) is 0 Å². The fourth-order valence-electron chi connectivity index (χ4n) is 2.36. The van der Waals surface area contributed by atoms with Gasteiger partial charge in [-0.15, -0.1) is 0 Å². The van der Waals surface area contributed by atoms with Crippen molar-refractivity contribution in [2.75, 3.05) is 0 Å². The largest absolute Gasteiger partial charge is 0.360 e. The van der Waals surface area contributed by atoms with Crippen molar-refractivity contribution in [3.05, 3.63) is 76.0 Å². The normalized spacial score (nSPS) is 11.5. The van der Waals surface area contributed by atoms with E-state index in [1.54, 1.807) is 25.3 Å². The first-order chi connectivity index (χ1) is 11.6. The van der Waals surface area contributed by atoms with E-state index in [0.717, 1.165) is 10.9 Å². The summed E-state index contributed by atoms with van der Waals surface area (Å²) in [6, 6.07) is 13.5. The summed E-state index contributed by atoms with van der Waals surface area (Å²) in [6.07, 6.45) is 1.62. The number of nitro benzene ring substituents is 1. The highest BCUT2D eigenvalue weighted by molar-refractivity contribution is 6.07. The topological polar surface area (TPSA) is 100 Å². The lowest BCUT2D eigenvalue weighted by molar-refractivity contribution is -0.384. The lowest BCUT2D eigenvalue weighted by Crippen LogP contribution is -2.19. The van der Waals surface area contributed by atoms with Crippen LogP contribution in [0.1, 0.15) is 22.8 Å². The van der Waals surface area contributed by atoms with E-state index >= 15 is 0 Å². The summed E-state index contributed by atoms with van der Waals surface area (Å²) < 4.78 is 0. The van der Waals surface area contributed by atoms with Gasteiger partial charge in [-0.25, -0.2) is 5.43 Å². The van der Waals surface area contributed by atoms with Gasteiger partial charge in [-0.3, -0.25) is 14.9 Å². The molecule has 0 spiro atoms. The minimum atomic E-state index is -0.471. The summed E-state index contributed by atoms with van der Waals surface area (Å²) >= 11 is 0. The Morgan fingerprint density at radius 2 is 2.00 bits per heavy atom. The highest BCUT2D eigenvalue weighted by Crippen LogP contribution is 2.17. The van der Waals surface area contributed by atoms with Crippen molar-refractivity contribution in [2.45, 2.75) is 6.92 Å². The Morgan fingerprint density at radius 3 is 2.79 bits per heavy atom. The number of carbonyl (C=O) groups excluding carboxylic acids is 1. The number of non-ortho nitro benzene ring substituents is 1. The second-order valence-electron chi connectivity index (χ2n) is 5.19. The van der Waals surface area contributed by atoms with Crippen LogP contribution in [0.25, 0.3) is 10.9 Å². The van der Waals surface area contributed by atoms with Gasteiger partial charge in [0.05, 0.1) is 16.2 Å². The molecule has 0 fully saturated rings. The van der Waals surface area contributed by atoms with Crippen LogP contribution in [0, 0.1) is 10.1 Å². The molecule has 0 aliphatic heterocycles. The van der Waals surface area contributed by atoms with E-state index in [-0.39, 0.29) is 11.6 Å². The summed E-state index contributed by atoms with van der Waals surface area (Å²) in [4.78, 5) is 25.7. The molecule has 7 heteroatoms. The first-order valence-corrected chi connectivity index (χ1v) is 7.22. The van der Waals surface area contributed by atoms with Crippen LogP contribution in [0.4, 0.5) is 5.69 Å². The first kappa shape index (κ1) is 15.4. The molecule has 3 rings (SSSR count). The van der Waals surface area contributed by atoms with E-state index in [1.807, 2.05) is 24.3 Å². The number of amides is 1. The van der Waals surface area contributed by atoms with Crippen molar-refractivity contribution < 1.29 is 9.72 Å². The van der Waals surface area contributed by atoms with Crippen molar-refractivity contribution in [1.82, 2.24) is 10.4 Å². The molecule has 0 aliphatic rings. The van der Waals surface area contributed by atoms with Gasteiger partial charge in [0, 0.05) is 34.8 Å². The first-order valence-electron chi connectivity index (χ1n) is 7.22. The monoisotopic (exact) mass is 322 g/mol. The second kappa shape index (κ2) is 6.33. The van der Waals surface area contributed by atoms with Crippen molar-refractivity contribution in [3.8, 4) is 0 Å². The molecule has 0 atom stereocenters. The summed E-state index contributed by atoms with van der Waals surface area (Å²) in [7, 11) is 0. The molecule has 0 radical (unpaired) electrons. The Morgan fingerprint density at radius 1 is 1.21 bits per heavy atom. The molecule has 0 aliphatic carbocycles. The minimum Gasteiger partial charge on any atom is -0.360 e. The van der Waals surface area contributed by atoms with Gasteiger partial charge in [-0.05, 0) is 13.0 Å². The van der Waals surface area contributed by atoms with Crippen molar-refractivity contribution in [2.24, 2.45) is 5.10 Å². The van der Waals surface area contributed by atoms with Gasteiger partial charge in [-0.1, -0.05) is 30.3 Å². The number of nitro groups is 1. The molecule has 1 heterocycles. The Hall–Kier alpha value is -3.48. The number of nitrogens with one attached hydrogen (secondary N) is 2. The van der Waals surface area contributed by atoms with Crippen LogP contribution in [-0.4, -0.2) is 21.5 Å². The number of rotatable bonds is 4. The molecule has 2 N–H and O–H groups in total. The molecule has 1 amide bonds. The lowest BCUT2D eigenvalue weighted by atomic mass is 10.1. The third kappa shape index (κ3) is 3.00. The standard InChI is InChI=1S/C17H14N4O3/c1-11(12-5-4-6-13(9-12)21(23)24)19-20-17(22)15-10-18-16-8-3-2-7-14(15)16/h2-10,18H,1H3,(H,20,22)/b19-11+. The Balaban J connectivity index is 1.81. The number of aromatic nitrogens is 1. The molecule has 0 saturated carbocycles. The summed E-state index contributed by atoms with van der Waals surface area (Å²) in [5, 5.41) is 15.7. The maximum atomic E-state index is 12.3. The molecule has 7 nitrogen and oxygen atoms in total. The van der Waals surface area contributed by atoms with Crippen molar-refractivity contribution >= 4 is 28.2 Å². The molecular weight excluding hydrogens is 308 g/mol. The summed E-state index contributed by atoms with van der Waals surface area (Å²) in [6.45, 7) is 1.68. The van der Waals surface area contributed by atoms with E-state index in [0.29, 0.717) is 16.8 Å². The molecule has 0 saturated heterocycles. The van der Waals surface area contributed by atoms with Gasteiger partial charge in [0.1, 0.15) is 0 Å². The number of nitrogens with zero attached hydrogens (tertiary/aromatic N) is 2. The van der Waals surface area contributed by atoms with E-state index in [1.165, 1.54) is 12.1 Å². The molecule has 2 aromatic carbocycles. The zero-order chi connectivity index (χ0) is 17.1. The number of hydrogen-bond acceptors (Lipinski definition) is 4. The highest BCUT2D eigenvalue weighted by Gasteiger charge is 2.12. The molecule has 3 aromatic rings. The number of fused-ring (bicyclic) bond motifs is 1. The van der Waals surface area contributed by atoms with Gasteiger partial charge in [0.25, 0.3) is 11.6 Å². The Kier molecular flexibility index (Phi) is 4.07. The predicted octanol–water partition coefficient (Wildman–Crippen LogP) is 3.23. The maximum absolute atomic E-state index is 12.3. The summed E-state index contributed by atoms with van der Waals surface area (Å²) in [5.74, 6) is -0.350. The van der Waals surface area contributed by atoms with Crippen LogP contribution in [0.3, 0.4) is 0 Å². The van der Waals surface area contributed by atoms with Crippen LogP contribution in [0.5, 0.6) is 0 Å². The number of H-pyrrole nitrogens is 1. The van der Waals surface area contributed by atoms with Crippen LogP contribution < -0.4 is 5.43 Å². The number of aromatic amines is 1. The van der Waals surface area contributed by atoms with Crippen LogP contribution in [0.2, 0.25) is 0 Å². The zero-order valence-corrected chi connectivity index (χ0v) is 12.8. The zero-order valence-electron chi connectivity index (χ0n) is 12.8. The van der Waals surface area contributed by atoms with Crippen LogP contribution in [-0.2, 0) is 0 Å².